The van der Waals surface area contributed by atoms with Gasteiger partial charge in [-0.1, -0.05) is 41.4 Å². The van der Waals surface area contributed by atoms with Gasteiger partial charge in [0.2, 0.25) is 5.90 Å². The standard InChI is InChI=1S/C26H20ClI2NO4/c1-3-32-23-12-17(10-21(29)24(23)33-14-16-6-4-5-15(2)9-16)11-22-26(31)34-25(30-22)19-13-18(28)7-8-20(19)27/h4-13H,3,14H2,1-2H3/b22-11-. The Hall–Kier alpha value is -2.11. The largest absolute Gasteiger partial charge is 0.490 e. The first-order chi connectivity index (χ1) is 16.3. The lowest BCUT2D eigenvalue weighted by Crippen LogP contribution is -2.06. The van der Waals surface area contributed by atoms with Gasteiger partial charge in [-0.05, 0) is 107 Å². The second kappa shape index (κ2) is 11.1. The van der Waals surface area contributed by atoms with Gasteiger partial charge in [0.15, 0.2) is 17.2 Å². The number of hydrogen-bond acceptors (Lipinski definition) is 5. The van der Waals surface area contributed by atoms with Crippen molar-refractivity contribution in [2.45, 2.75) is 20.5 Å². The molecule has 0 fully saturated rings. The number of cyclic esters (lactones) is 1. The third-order valence-corrected chi connectivity index (χ3v) is 6.68. The molecule has 0 N–H and O–H groups in total. The summed E-state index contributed by atoms with van der Waals surface area (Å²) in [5, 5.41) is 0.469. The van der Waals surface area contributed by atoms with E-state index in [1.165, 1.54) is 5.56 Å². The number of aryl methyl sites for hydroxylation is 1. The zero-order valence-electron chi connectivity index (χ0n) is 18.4. The molecule has 0 bridgehead atoms. The van der Waals surface area contributed by atoms with Crippen LogP contribution in [0.2, 0.25) is 5.02 Å². The minimum Gasteiger partial charge on any atom is -0.490 e. The van der Waals surface area contributed by atoms with Gasteiger partial charge in [0.1, 0.15) is 6.61 Å². The fourth-order valence-corrected chi connectivity index (χ4v) is 4.85. The van der Waals surface area contributed by atoms with Gasteiger partial charge in [-0.15, -0.1) is 0 Å². The number of ether oxygens (including phenoxy) is 3. The summed E-state index contributed by atoms with van der Waals surface area (Å²) in [5.74, 6) is 0.926. The molecule has 8 heteroatoms. The molecule has 0 saturated heterocycles. The van der Waals surface area contributed by atoms with Crippen molar-refractivity contribution >= 4 is 74.7 Å². The highest BCUT2D eigenvalue weighted by Crippen LogP contribution is 2.36. The van der Waals surface area contributed by atoms with E-state index in [1.807, 2.05) is 43.3 Å². The molecule has 0 saturated carbocycles. The van der Waals surface area contributed by atoms with Crippen LogP contribution in [0.3, 0.4) is 0 Å². The molecule has 3 aromatic rings. The van der Waals surface area contributed by atoms with Gasteiger partial charge in [0, 0.05) is 3.57 Å². The molecule has 1 aliphatic heterocycles. The Labute approximate surface area is 230 Å². The van der Waals surface area contributed by atoms with E-state index in [0.29, 0.717) is 35.3 Å². The first-order valence-corrected chi connectivity index (χ1v) is 13.0. The zero-order valence-corrected chi connectivity index (χ0v) is 23.5. The van der Waals surface area contributed by atoms with Crippen molar-refractivity contribution in [2.24, 2.45) is 4.99 Å². The van der Waals surface area contributed by atoms with Crippen molar-refractivity contribution in [1.82, 2.24) is 0 Å². The third kappa shape index (κ3) is 5.92. The lowest BCUT2D eigenvalue weighted by molar-refractivity contribution is -0.129. The average molecular weight is 700 g/mol. The maximum absolute atomic E-state index is 12.5. The Bertz CT molecular complexity index is 1320. The van der Waals surface area contributed by atoms with Crippen LogP contribution in [0.5, 0.6) is 11.5 Å². The van der Waals surface area contributed by atoms with E-state index in [0.717, 1.165) is 18.3 Å². The van der Waals surface area contributed by atoms with Gasteiger partial charge in [0.05, 0.1) is 20.8 Å². The number of rotatable bonds is 7. The van der Waals surface area contributed by atoms with Gasteiger partial charge in [-0.25, -0.2) is 9.79 Å². The highest BCUT2D eigenvalue weighted by Gasteiger charge is 2.26. The van der Waals surface area contributed by atoms with E-state index in [9.17, 15) is 4.79 Å². The van der Waals surface area contributed by atoms with Crippen molar-refractivity contribution in [3.05, 3.63) is 94.7 Å². The predicted molar refractivity (Wildman–Crippen MR) is 151 cm³/mol. The number of benzene rings is 3. The summed E-state index contributed by atoms with van der Waals surface area (Å²) in [6.45, 7) is 4.87. The van der Waals surface area contributed by atoms with Crippen molar-refractivity contribution in [3.8, 4) is 11.5 Å². The number of carbonyl (C=O) groups is 1. The molecule has 174 valence electrons. The van der Waals surface area contributed by atoms with Crippen LogP contribution in [-0.2, 0) is 16.1 Å². The fourth-order valence-electron chi connectivity index (χ4n) is 3.38. The van der Waals surface area contributed by atoms with Gasteiger partial charge in [-0.2, -0.15) is 0 Å². The molecular weight excluding hydrogens is 680 g/mol. The monoisotopic (exact) mass is 699 g/mol. The van der Waals surface area contributed by atoms with Crippen LogP contribution >= 0.6 is 56.8 Å². The fraction of sp³-hybridized carbons (Fsp3) is 0.154. The maximum atomic E-state index is 12.5. The number of hydrogen-bond donors (Lipinski definition) is 0. The summed E-state index contributed by atoms with van der Waals surface area (Å²) in [7, 11) is 0. The first kappa shape index (κ1) is 25.0. The number of nitrogens with zero attached hydrogens (tertiary/aromatic N) is 1. The quantitative estimate of drug-likeness (QED) is 0.149. The summed E-state index contributed by atoms with van der Waals surface area (Å²) < 4.78 is 19.2. The molecule has 0 aromatic heterocycles. The second-order valence-electron chi connectivity index (χ2n) is 7.50. The number of halogens is 3. The van der Waals surface area contributed by atoms with Crippen molar-refractivity contribution in [1.29, 1.82) is 0 Å². The van der Waals surface area contributed by atoms with Crippen LogP contribution < -0.4 is 9.47 Å². The van der Waals surface area contributed by atoms with Gasteiger partial charge in [0.25, 0.3) is 0 Å². The van der Waals surface area contributed by atoms with Crippen molar-refractivity contribution < 1.29 is 19.0 Å². The zero-order chi connectivity index (χ0) is 24.2. The van der Waals surface area contributed by atoms with E-state index in [-0.39, 0.29) is 11.6 Å². The molecule has 1 heterocycles. The Balaban J connectivity index is 1.63. The summed E-state index contributed by atoms with van der Waals surface area (Å²) in [4.78, 5) is 16.9. The average Bonchev–Trinajstić information content (AvgIpc) is 3.15. The highest BCUT2D eigenvalue weighted by atomic mass is 127. The predicted octanol–water partition coefficient (Wildman–Crippen LogP) is 7.18. The van der Waals surface area contributed by atoms with Crippen LogP contribution in [0.1, 0.15) is 29.2 Å². The summed E-state index contributed by atoms with van der Waals surface area (Å²) in [6.07, 6.45) is 1.67. The lowest BCUT2D eigenvalue weighted by atomic mass is 10.1. The summed E-state index contributed by atoms with van der Waals surface area (Å²) in [5.41, 5.74) is 3.78. The van der Waals surface area contributed by atoms with E-state index >= 15 is 0 Å². The third-order valence-electron chi connectivity index (χ3n) is 4.88. The van der Waals surface area contributed by atoms with Gasteiger partial charge < -0.3 is 14.2 Å². The summed E-state index contributed by atoms with van der Waals surface area (Å²) >= 11 is 10.7. The molecule has 1 aliphatic rings. The number of aliphatic imine (C=N–C) groups is 1. The Kier molecular flexibility index (Phi) is 8.15. The molecule has 0 atom stereocenters. The molecule has 0 aliphatic carbocycles. The Morgan fingerprint density at radius 1 is 1.09 bits per heavy atom. The molecule has 0 amide bonds. The van der Waals surface area contributed by atoms with E-state index < -0.39 is 5.97 Å². The lowest BCUT2D eigenvalue weighted by Gasteiger charge is -2.15. The number of carbonyl (C=O) groups excluding carboxylic acids is 1. The van der Waals surface area contributed by atoms with Crippen LogP contribution in [0.25, 0.3) is 6.08 Å². The topological polar surface area (TPSA) is 57.1 Å². The minimum atomic E-state index is -0.530. The van der Waals surface area contributed by atoms with E-state index in [1.54, 1.807) is 12.1 Å². The Morgan fingerprint density at radius 2 is 1.91 bits per heavy atom. The smallest absolute Gasteiger partial charge is 0.363 e. The van der Waals surface area contributed by atoms with Crippen LogP contribution in [-0.4, -0.2) is 18.5 Å². The molecule has 0 spiro atoms. The molecule has 34 heavy (non-hydrogen) atoms. The Morgan fingerprint density at radius 3 is 2.68 bits per heavy atom. The highest BCUT2D eigenvalue weighted by molar-refractivity contribution is 14.1. The SMILES string of the molecule is CCOc1cc(/C=C2\N=C(c3cc(I)ccc3Cl)OC2=O)cc(I)c1OCc1cccc(C)c1. The molecular formula is C26H20ClI2NO4. The molecule has 5 nitrogen and oxygen atoms in total. The van der Waals surface area contributed by atoms with Gasteiger partial charge >= 0.3 is 5.97 Å². The minimum absolute atomic E-state index is 0.191. The van der Waals surface area contributed by atoms with Crippen LogP contribution in [0, 0.1) is 14.1 Å². The van der Waals surface area contributed by atoms with Crippen LogP contribution in [0.4, 0.5) is 0 Å². The number of esters is 1. The molecule has 3 aromatic carbocycles. The van der Waals surface area contributed by atoms with Crippen molar-refractivity contribution in [3.63, 3.8) is 0 Å². The molecule has 0 unspecified atom stereocenters. The summed E-state index contributed by atoms with van der Waals surface area (Å²) in [6, 6.07) is 17.4. The normalized spacial score (nSPS) is 14.2. The van der Waals surface area contributed by atoms with E-state index in [4.69, 9.17) is 25.8 Å². The van der Waals surface area contributed by atoms with Crippen molar-refractivity contribution in [2.75, 3.05) is 6.61 Å². The van der Waals surface area contributed by atoms with Crippen LogP contribution in [0.15, 0.2) is 65.3 Å². The second-order valence-corrected chi connectivity index (χ2v) is 10.3. The molecule has 0 radical (unpaired) electrons. The van der Waals surface area contributed by atoms with Gasteiger partial charge in [-0.3, -0.25) is 0 Å². The first-order valence-electron chi connectivity index (χ1n) is 10.5. The van der Waals surface area contributed by atoms with E-state index in [2.05, 4.69) is 69.2 Å². The maximum Gasteiger partial charge on any atom is 0.363 e. The molecule has 4 rings (SSSR count).